The number of alkyl halides is 3. The normalized spacial score (nSPS) is 25.2. The molecule has 0 spiro atoms. The molecule has 1 aromatic carbocycles. The second-order valence-corrected chi connectivity index (χ2v) is 4.33. The lowest BCUT2D eigenvalue weighted by Crippen LogP contribution is -2.15. The first-order valence-corrected chi connectivity index (χ1v) is 5.51. The summed E-state index contributed by atoms with van der Waals surface area (Å²) in [5.41, 5.74) is 0.217. The minimum absolute atomic E-state index is 0.0543. The van der Waals surface area contributed by atoms with Crippen LogP contribution in [0.2, 0.25) is 0 Å². The van der Waals surface area contributed by atoms with Gasteiger partial charge in [-0.1, -0.05) is 12.1 Å². The van der Waals surface area contributed by atoms with Crippen molar-refractivity contribution >= 4 is 0 Å². The zero-order valence-electron chi connectivity index (χ0n) is 9.17. The Balaban J connectivity index is 2.18. The molecular formula is C12H14F3NO. The highest BCUT2D eigenvalue weighted by molar-refractivity contribution is 5.28. The van der Waals surface area contributed by atoms with Crippen LogP contribution in [0, 0.1) is 5.92 Å². The van der Waals surface area contributed by atoms with Gasteiger partial charge in [-0.3, -0.25) is 0 Å². The molecule has 0 unspecified atom stereocenters. The van der Waals surface area contributed by atoms with Crippen LogP contribution in [0.4, 0.5) is 13.2 Å². The highest BCUT2D eigenvalue weighted by Gasteiger charge is 2.32. The molecule has 5 heteroatoms. The van der Waals surface area contributed by atoms with E-state index in [1.54, 1.807) is 0 Å². The first-order valence-electron chi connectivity index (χ1n) is 5.51. The van der Waals surface area contributed by atoms with E-state index in [0.717, 1.165) is 17.7 Å². The molecular weight excluding hydrogens is 231 g/mol. The lowest BCUT2D eigenvalue weighted by Gasteiger charge is -2.17. The maximum Gasteiger partial charge on any atom is 0.416 e. The summed E-state index contributed by atoms with van der Waals surface area (Å²) in [5, 5.41) is 12.3. The van der Waals surface area contributed by atoms with Crippen molar-refractivity contribution in [1.82, 2.24) is 5.32 Å². The Labute approximate surface area is 97.5 Å². The molecule has 0 aromatic heterocycles. The first kappa shape index (κ1) is 12.4. The molecule has 0 aliphatic carbocycles. The topological polar surface area (TPSA) is 32.3 Å². The molecule has 1 heterocycles. The summed E-state index contributed by atoms with van der Waals surface area (Å²) < 4.78 is 37.2. The zero-order chi connectivity index (χ0) is 12.5. The minimum atomic E-state index is -4.29. The van der Waals surface area contributed by atoms with E-state index in [9.17, 15) is 13.2 Å². The minimum Gasteiger partial charge on any atom is -0.396 e. The van der Waals surface area contributed by atoms with E-state index in [1.165, 1.54) is 12.1 Å². The van der Waals surface area contributed by atoms with E-state index < -0.39 is 11.7 Å². The second-order valence-electron chi connectivity index (χ2n) is 4.33. The van der Waals surface area contributed by atoms with Gasteiger partial charge < -0.3 is 10.4 Å². The van der Waals surface area contributed by atoms with Crippen molar-refractivity contribution in [2.75, 3.05) is 19.7 Å². The highest BCUT2D eigenvalue weighted by Crippen LogP contribution is 2.32. The van der Waals surface area contributed by atoms with Crippen LogP contribution in [-0.4, -0.2) is 24.8 Å². The molecule has 1 fully saturated rings. The number of aliphatic hydroxyl groups excluding tert-OH is 1. The highest BCUT2D eigenvalue weighted by atomic mass is 19.4. The lowest BCUT2D eigenvalue weighted by atomic mass is 9.89. The van der Waals surface area contributed by atoms with Gasteiger partial charge in [-0.25, -0.2) is 0 Å². The fraction of sp³-hybridized carbons (Fsp3) is 0.500. The van der Waals surface area contributed by atoms with Crippen molar-refractivity contribution in [2.24, 2.45) is 5.92 Å². The van der Waals surface area contributed by atoms with Crippen LogP contribution >= 0.6 is 0 Å². The maximum absolute atomic E-state index is 12.4. The van der Waals surface area contributed by atoms with Crippen molar-refractivity contribution in [1.29, 1.82) is 0 Å². The lowest BCUT2D eigenvalue weighted by molar-refractivity contribution is -0.137. The predicted molar refractivity (Wildman–Crippen MR) is 57.6 cm³/mol. The quantitative estimate of drug-likeness (QED) is 0.835. The molecule has 0 radical (unpaired) electrons. The maximum atomic E-state index is 12.4. The summed E-state index contributed by atoms with van der Waals surface area (Å²) in [5.74, 6) is 0.189. The molecule has 94 valence electrons. The molecule has 17 heavy (non-hydrogen) atoms. The van der Waals surface area contributed by atoms with Crippen LogP contribution in [0.1, 0.15) is 17.0 Å². The second kappa shape index (κ2) is 4.66. The smallest absolute Gasteiger partial charge is 0.396 e. The van der Waals surface area contributed by atoms with E-state index in [-0.39, 0.29) is 18.4 Å². The van der Waals surface area contributed by atoms with Gasteiger partial charge in [-0.15, -0.1) is 0 Å². The van der Waals surface area contributed by atoms with Crippen molar-refractivity contribution in [2.45, 2.75) is 12.1 Å². The summed E-state index contributed by atoms with van der Waals surface area (Å²) in [7, 11) is 0. The number of hydrogen-bond acceptors (Lipinski definition) is 2. The largest absolute Gasteiger partial charge is 0.416 e. The molecule has 1 aromatic rings. The van der Waals surface area contributed by atoms with Gasteiger partial charge in [0.15, 0.2) is 0 Å². The number of rotatable bonds is 2. The number of hydrogen-bond donors (Lipinski definition) is 2. The number of aliphatic hydroxyl groups is 1. The molecule has 0 bridgehead atoms. The van der Waals surface area contributed by atoms with Gasteiger partial charge in [0.05, 0.1) is 5.56 Å². The Kier molecular flexibility index (Phi) is 3.40. The average molecular weight is 245 g/mol. The van der Waals surface area contributed by atoms with Crippen molar-refractivity contribution in [3.63, 3.8) is 0 Å². The average Bonchev–Trinajstić information content (AvgIpc) is 2.76. The van der Waals surface area contributed by atoms with E-state index in [0.29, 0.717) is 13.1 Å². The molecule has 1 aliphatic heterocycles. The van der Waals surface area contributed by atoms with Crippen LogP contribution in [0.5, 0.6) is 0 Å². The van der Waals surface area contributed by atoms with Crippen LogP contribution in [-0.2, 0) is 6.18 Å². The van der Waals surface area contributed by atoms with Crippen molar-refractivity contribution in [3.8, 4) is 0 Å². The Morgan fingerprint density at radius 2 is 1.82 bits per heavy atom. The van der Waals surface area contributed by atoms with Crippen LogP contribution in [0.3, 0.4) is 0 Å². The molecule has 0 saturated carbocycles. The van der Waals surface area contributed by atoms with Gasteiger partial charge in [0.25, 0.3) is 0 Å². The molecule has 2 nitrogen and oxygen atoms in total. The molecule has 1 aliphatic rings. The van der Waals surface area contributed by atoms with E-state index in [1.807, 2.05) is 0 Å². The third-order valence-corrected chi connectivity index (χ3v) is 3.24. The Bertz CT molecular complexity index is 374. The summed E-state index contributed by atoms with van der Waals surface area (Å²) in [6, 6.07) is 5.20. The fourth-order valence-electron chi connectivity index (χ4n) is 2.23. The standard InChI is InChI=1S/C12H14F3NO/c13-12(14,15)10-3-1-8(2-4-10)11-6-16-5-9(11)7-17/h1-4,9,11,16-17H,5-7H2/t9-,11-/m0/s1. The molecule has 0 amide bonds. The van der Waals surface area contributed by atoms with Crippen LogP contribution < -0.4 is 5.32 Å². The number of nitrogens with one attached hydrogen (secondary N) is 1. The SMILES string of the molecule is OC[C@@H]1CNC[C@H]1c1ccc(C(F)(F)F)cc1. The van der Waals surface area contributed by atoms with E-state index >= 15 is 0 Å². The van der Waals surface area contributed by atoms with Crippen LogP contribution in [0.25, 0.3) is 0 Å². The van der Waals surface area contributed by atoms with Gasteiger partial charge in [0.2, 0.25) is 0 Å². The van der Waals surface area contributed by atoms with Gasteiger partial charge in [-0.2, -0.15) is 13.2 Å². The zero-order valence-corrected chi connectivity index (χ0v) is 9.17. The Morgan fingerprint density at radius 3 is 2.35 bits per heavy atom. The Hall–Kier alpha value is -1.07. The fourth-order valence-corrected chi connectivity index (χ4v) is 2.23. The first-order chi connectivity index (χ1) is 8.02. The van der Waals surface area contributed by atoms with Crippen molar-refractivity contribution in [3.05, 3.63) is 35.4 Å². The molecule has 2 rings (SSSR count). The van der Waals surface area contributed by atoms with Gasteiger partial charge >= 0.3 is 6.18 Å². The van der Waals surface area contributed by atoms with Gasteiger partial charge in [0.1, 0.15) is 0 Å². The summed E-state index contributed by atoms with van der Waals surface area (Å²) in [4.78, 5) is 0. The van der Waals surface area contributed by atoms with Crippen molar-refractivity contribution < 1.29 is 18.3 Å². The third kappa shape index (κ3) is 2.61. The van der Waals surface area contributed by atoms with E-state index in [4.69, 9.17) is 5.11 Å². The molecule has 1 saturated heterocycles. The van der Waals surface area contributed by atoms with Gasteiger partial charge in [0, 0.05) is 31.5 Å². The van der Waals surface area contributed by atoms with Crippen LogP contribution in [0.15, 0.2) is 24.3 Å². The van der Waals surface area contributed by atoms with E-state index in [2.05, 4.69) is 5.32 Å². The summed E-state index contributed by atoms with van der Waals surface area (Å²) in [6.07, 6.45) is -4.29. The molecule has 2 N–H and O–H groups in total. The molecule has 2 atom stereocenters. The monoisotopic (exact) mass is 245 g/mol. The van der Waals surface area contributed by atoms with Gasteiger partial charge in [-0.05, 0) is 17.7 Å². The summed E-state index contributed by atoms with van der Waals surface area (Å²) >= 11 is 0. The number of benzene rings is 1. The summed E-state index contributed by atoms with van der Waals surface area (Å²) in [6.45, 7) is 1.47. The Morgan fingerprint density at radius 1 is 1.18 bits per heavy atom. The third-order valence-electron chi connectivity index (χ3n) is 3.24. The predicted octanol–water partition coefficient (Wildman–Crippen LogP) is 2.00. The number of halogens is 3.